The Balaban J connectivity index is 1.21. The standard InChI is InChI=1S/C44H56F2N8O8/c1-25-21-44(23-55)24-62-27(3)37(42(60)53-14-7-9-36(53)41(59)52-13-6-5-8-35(52)39(57)47-26(2)40(58)54(44)22-25)50-38(56)33(18-28-16-30(45)20-31(46)17-28)49-43(61)48-32-10-11-34-29(19-32)12-15-51(34)4/h10-11,16-17,19-20,23,25-27,33,35-37H,5-9,12-15,18,21-22,24H2,1-4H3,(H,47,57)(H,50,56)(H2,48,49,61)/t25-,26-,27-,33-,35-,36-,37-,44?/m0/s1. The van der Waals surface area contributed by atoms with Gasteiger partial charge in [-0.05, 0) is 106 Å². The van der Waals surface area contributed by atoms with E-state index in [9.17, 15) is 42.3 Å². The zero-order valence-electron chi connectivity index (χ0n) is 35.6. The minimum absolute atomic E-state index is 0.0460. The summed E-state index contributed by atoms with van der Waals surface area (Å²) < 4.78 is 35.2. The lowest BCUT2D eigenvalue weighted by atomic mass is 9.94. The molecular weight excluding hydrogens is 807 g/mol. The molecule has 5 heterocycles. The molecule has 8 atom stereocenters. The van der Waals surface area contributed by atoms with E-state index in [1.54, 1.807) is 6.07 Å². The number of nitrogens with one attached hydrogen (secondary N) is 4. The highest BCUT2D eigenvalue weighted by molar-refractivity contribution is 5.98. The van der Waals surface area contributed by atoms with E-state index in [4.69, 9.17) is 4.74 Å². The van der Waals surface area contributed by atoms with Gasteiger partial charge in [-0.2, -0.15) is 0 Å². The highest BCUT2D eigenvalue weighted by Crippen LogP contribution is 2.34. The summed E-state index contributed by atoms with van der Waals surface area (Å²) in [6.45, 7) is 5.98. The quantitative estimate of drug-likeness (QED) is 0.303. The van der Waals surface area contributed by atoms with Gasteiger partial charge in [0.1, 0.15) is 53.7 Å². The first-order chi connectivity index (χ1) is 29.6. The van der Waals surface area contributed by atoms with Crippen LogP contribution in [0.25, 0.3) is 0 Å². The van der Waals surface area contributed by atoms with Gasteiger partial charge in [0.2, 0.25) is 29.5 Å². The monoisotopic (exact) mass is 862 g/mol. The van der Waals surface area contributed by atoms with Crippen molar-refractivity contribution in [2.75, 3.05) is 50.1 Å². The van der Waals surface area contributed by atoms with Gasteiger partial charge in [0.15, 0.2) is 0 Å². The number of anilines is 2. The molecule has 4 N–H and O–H groups in total. The number of rotatable bonds is 7. The van der Waals surface area contributed by atoms with Gasteiger partial charge in [0.25, 0.3) is 0 Å². The Kier molecular flexibility index (Phi) is 13.2. The topological polar surface area (TPSA) is 190 Å². The second-order valence-corrected chi connectivity index (χ2v) is 17.6. The lowest BCUT2D eigenvalue weighted by molar-refractivity contribution is -0.155. The van der Waals surface area contributed by atoms with Crippen LogP contribution in [0.2, 0.25) is 0 Å². The number of hydrogen-bond donors (Lipinski definition) is 4. The third-order valence-electron chi connectivity index (χ3n) is 12.9. The van der Waals surface area contributed by atoms with E-state index in [1.807, 2.05) is 26.1 Å². The number of carbonyl (C=O) groups is 7. The maximum Gasteiger partial charge on any atom is 0.319 e. The van der Waals surface area contributed by atoms with Crippen molar-refractivity contribution in [3.63, 3.8) is 0 Å². The van der Waals surface area contributed by atoms with Crippen molar-refractivity contribution in [1.29, 1.82) is 0 Å². The predicted molar refractivity (Wildman–Crippen MR) is 223 cm³/mol. The maximum atomic E-state index is 14.9. The van der Waals surface area contributed by atoms with Crippen molar-refractivity contribution >= 4 is 53.2 Å². The molecule has 62 heavy (non-hydrogen) atoms. The number of amides is 7. The van der Waals surface area contributed by atoms with Gasteiger partial charge in [-0.15, -0.1) is 0 Å². The van der Waals surface area contributed by atoms with Crippen LogP contribution in [-0.4, -0.2) is 138 Å². The average Bonchev–Trinajstić information content (AvgIpc) is 3.97. The number of benzene rings is 2. The molecule has 2 aromatic rings. The molecule has 1 unspecified atom stereocenters. The van der Waals surface area contributed by atoms with Crippen LogP contribution in [0.3, 0.4) is 0 Å². The first kappa shape index (κ1) is 44.4. The molecule has 0 aromatic heterocycles. The number of piperidine rings is 1. The summed E-state index contributed by atoms with van der Waals surface area (Å²) in [6, 6.07) is 1.44. The molecule has 18 heteroatoms. The van der Waals surface area contributed by atoms with Crippen molar-refractivity contribution in [2.45, 2.75) is 114 Å². The summed E-state index contributed by atoms with van der Waals surface area (Å²) in [5, 5.41) is 10.9. The second kappa shape index (κ2) is 18.4. The van der Waals surface area contributed by atoms with Gasteiger partial charge in [-0.25, -0.2) is 13.6 Å². The highest BCUT2D eigenvalue weighted by atomic mass is 19.1. The third-order valence-corrected chi connectivity index (χ3v) is 12.9. The largest absolute Gasteiger partial charge is 0.374 e. The van der Waals surface area contributed by atoms with E-state index in [0.29, 0.717) is 43.7 Å². The molecule has 5 aliphatic heterocycles. The fourth-order valence-electron chi connectivity index (χ4n) is 9.74. The third kappa shape index (κ3) is 9.25. The van der Waals surface area contributed by atoms with Crippen molar-refractivity contribution in [2.24, 2.45) is 5.92 Å². The van der Waals surface area contributed by atoms with Crippen molar-refractivity contribution < 1.29 is 47.1 Å². The van der Waals surface area contributed by atoms with Crippen LogP contribution in [0, 0.1) is 17.6 Å². The van der Waals surface area contributed by atoms with Crippen LogP contribution >= 0.6 is 0 Å². The number of halogens is 2. The molecule has 4 saturated heterocycles. The normalized spacial score (nSPS) is 28.7. The summed E-state index contributed by atoms with van der Waals surface area (Å²) in [7, 11) is 1.96. The molecule has 0 bridgehead atoms. The predicted octanol–water partition coefficient (Wildman–Crippen LogP) is 2.28. The van der Waals surface area contributed by atoms with Crippen molar-refractivity contribution in [3.8, 4) is 0 Å². The highest BCUT2D eigenvalue weighted by Gasteiger charge is 2.50. The number of urea groups is 1. The molecule has 5 aliphatic rings. The Morgan fingerprint density at radius 3 is 2.37 bits per heavy atom. The van der Waals surface area contributed by atoms with E-state index in [0.717, 1.165) is 36.3 Å². The van der Waals surface area contributed by atoms with Gasteiger partial charge in [0.05, 0.1) is 12.7 Å². The van der Waals surface area contributed by atoms with Gasteiger partial charge in [-0.3, -0.25) is 24.0 Å². The number of carbonyl (C=O) groups excluding carboxylic acids is 7. The molecule has 2 aromatic carbocycles. The Bertz CT molecular complexity index is 2090. The lowest BCUT2D eigenvalue weighted by Gasteiger charge is -2.41. The van der Waals surface area contributed by atoms with E-state index in [1.165, 1.54) is 28.5 Å². The number of ether oxygens (including phenoxy) is 1. The van der Waals surface area contributed by atoms with Crippen LogP contribution in [0.5, 0.6) is 0 Å². The maximum absolute atomic E-state index is 14.9. The fraction of sp³-hybridized carbons (Fsp3) is 0.568. The van der Waals surface area contributed by atoms with Crippen LogP contribution in [0.4, 0.5) is 25.0 Å². The number of nitrogens with zero attached hydrogens (tertiary/aromatic N) is 4. The summed E-state index contributed by atoms with van der Waals surface area (Å²) >= 11 is 0. The molecule has 0 aliphatic carbocycles. The first-order valence-corrected chi connectivity index (χ1v) is 21.5. The summed E-state index contributed by atoms with van der Waals surface area (Å²) in [5.41, 5.74) is 1.07. The number of fused-ring (bicyclic) bond motifs is 4. The Morgan fingerprint density at radius 1 is 0.919 bits per heavy atom. The van der Waals surface area contributed by atoms with Crippen molar-refractivity contribution in [3.05, 3.63) is 59.2 Å². The van der Waals surface area contributed by atoms with Gasteiger partial charge in [0, 0.05) is 57.1 Å². The molecular formula is C44H56F2N8O8. The zero-order valence-corrected chi connectivity index (χ0v) is 35.6. The Morgan fingerprint density at radius 2 is 1.63 bits per heavy atom. The molecule has 0 radical (unpaired) electrons. The van der Waals surface area contributed by atoms with E-state index in [2.05, 4.69) is 26.2 Å². The van der Waals surface area contributed by atoms with Crippen LogP contribution in [-0.2, 0) is 46.3 Å². The summed E-state index contributed by atoms with van der Waals surface area (Å²) in [4.78, 5) is 105. The fourth-order valence-corrected chi connectivity index (χ4v) is 9.74. The molecule has 16 nitrogen and oxygen atoms in total. The summed E-state index contributed by atoms with van der Waals surface area (Å²) in [6.07, 6.45) is 2.46. The number of aldehydes is 1. The van der Waals surface area contributed by atoms with E-state index < -0.39 is 89.1 Å². The molecule has 7 amide bonds. The van der Waals surface area contributed by atoms with Crippen LogP contribution < -0.4 is 26.2 Å². The van der Waals surface area contributed by atoms with Crippen LogP contribution in [0.15, 0.2) is 36.4 Å². The average molecular weight is 863 g/mol. The zero-order chi connectivity index (χ0) is 44.5. The minimum Gasteiger partial charge on any atom is -0.374 e. The number of hydrogen-bond acceptors (Lipinski definition) is 9. The first-order valence-electron chi connectivity index (χ1n) is 21.5. The smallest absolute Gasteiger partial charge is 0.319 e. The number of likely N-dealkylation sites (N-methyl/N-ethyl adjacent to an activating group) is 1. The summed E-state index contributed by atoms with van der Waals surface area (Å²) in [5.74, 6) is -4.96. The van der Waals surface area contributed by atoms with Gasteiger partial charge in [-0.1, -0.05) is 6.92 Å². The second-order valence-electron chi connectivity index (χ2n) is 17.6. The molecule has 0 saturated carbocycles. The lowest BCUT2D eigenvalue weighted by Crippen LogP contribution is -2.64. The minimum atomic E-state index is -1.51. The van der Waals surface area contributed by atoms with Crippen molar-refractivity contribution in [1.82, 2.24) is 30.7 Å². The Hall–Kier alpha value is -5.65. The molecule has 4 fully saturated rings. The van der Waals surface area contributed by atoms with E-state index >= 15 is 0 Å². The Labute approximate surface area is 359 Å². The van der Waals surface area contributed by atoms with Gasteiger partial charge < -0.3 is 50.4 Å². The molecule has 7 rings (SSSR count). The molecule has 334 valence electrons. The van der Waals surface area contributed by atoms with E-state index in [-0.39, 0.29) is 57.0 Å². The molecule has 0 spiro atoms. The SMILES string of the molecule is C[C@@H]1CN2C(=O)[C@H](C)NC(=O)[C@@H]3CCCCN3C(=O)[C@@H]3CCCN3C(=O)[C@@H](NC(=O)[C@H](Cc3cc(F)cc(F)c3)NC(=O)Nc3ccc4c(c3)CCN4C)[C@H](C)OCC2(C=O)C1. The van der Waals surface area contributed by atoms with Crippen LogP contribution in [0.1, 0.15) is 70.4 Å². The van der Waals surface area contributed by atoms with Gasteiger partial charge >= 0.3 is 6.03 Å².